The van der Waals surface area contributed by atoms with E-state index in [1.165, 1.54) is 27.9 Å². The molecule has 0 amide bonds. The number of hydrogen-bond acceptors (Lipinski definition) is 2. The van der Waals surface area contributed by atoms with Crippen molar-refractivity contribution in [3.63, 3.8) is 0 Å². The molecule has 0 bridgehead atoms. The molecule has 1 aromatic heterocycles. The van der Waals surface area contributed by atoms with Gasteiger partial charge in [-0.15, -0.1) is 11.3 Å². The normalized spacial score (nSPS) is 27.6. The monoisotopic (exact) mass is 288 g/mol. The molecule has 15 heavy (non-hydrogen) atoms. The van der Waals surface area contributed by atoms with Crippen molar-refractivity contribution < 1.29 is 5.11 Å². The molecule has 1 aliphatic carbocycles. The van der Waals surface area contributed by atoms with Crippen molar-refractivity contribution in [3.05, 3.63) is 20.8 Å². The quantitative estimate of drug-likeness (QED) is 0.816. The zero-order chi connectivity index (χ0) is 10.7. The molecule has 1 saturated carbocycles. The Labute approximate surface area is 104 Å². The first-order valence-corrected chi connectivity index (χ1v) is 7.27. The molecule has 2 unspecified atom stereocenters. The second kappa shape index (κ2) is 5.46. The molecule has 1 heterocycles. The second-order valence-corrected chi connectivity index (χ2v) is 7.00. The summed E-state index contributed by atoms with van der Waals surface area (Å²) >= 11 is 5.32. The molecule has 1 N–H and O–H groups in total. The van der Waals surface area contributed by atoms with E-state index < -0.39 is 0 Å². The highest BCUT2D eigenvalue weighted by Gasteiger charge is 2.19. The van der Waals surface area contributed by atoms with Gasteiger partial charge in [0.25, 0.3) is 0 Å². The Bertz CT molecular complexity index is 310. The van der Waals surface area contributed by atoms with Gasteiger partial charge in [-0.2, -0.15) is 0 Å². The maximum atomic E-state index is 9.74. The lowest BCUT2D eigenvalue weighted by Crippen LogP contribution is -2.12. The molecule has 2 atom stereocenters. The van der Waals surface area contributed by atoms with Gasteiger partial charge in [-0.25, -0.2) is 0 Å². The highest BCUT2D eigenvalue weighted by Crippen LogP contribution is 2.30. The molecule has 0 aliphatic heterocycles. The molecular weight excluding hydrogens is 272 g/mol. The van der Waals surface area contributed by atoms with Crippen LogP contribution in [0.4, 0.5) is 0 Å². The fraction of sp³-hybridized carbons (Fsp3) is 0.667. The summed E-state index contributed by atoms with van der Waals surface area (Å²) in [6.45, 7) is 0. The molecule has 84 valence electrons. The summed E-state index contributed by atoms with van der Waals surface area (Å²) in [4.78, 5) is 1.45. The smallest absolute Gasteiger partial charge is 0.0701 e. The lowest BCUT2D eigenvalue weighted by Gasteiger charge is -2.15. The van der Waals surface area contributed by atoms with Crippen LogP contribution in [0.2, 0.25) is 0 Å². The number of aliphatic hydroxyl groups excluding tert-OH is 1. The first kappa shape index (κ1) is 11.6. The van der Waals surface area contributed by atoms with Crippen molar-refractivity contribution in [2.24, 2.45) is 5.92 Å². The molecule has 1 aliphatic rings. The third-order valence-electron chi connectivity index (χ3n) is 3.12. The van der Waals surface area contributed by atoms with Crippen molar-refractivity contribution in [2.45, 2.75) is 44.6 Å². The molecule has 0 spiro atoms. The van der Waals surface area contributed by atoms with Gasteiger partial charge < -0.3 is 5.11 Å². The number of halogens is 1. The van der Waals surface area contributed by atoms with E-state index >= 15 is 0 Å². The van der Waals surface area contributed by atoms with Gasteiger partial charge in [0, 0.05) is 4.88 Å². The number of aliphatic hydroxyl groups is 1. The summed E-state index contributed by atoms with van der Waals surface area (Å²) in [6, 6.07) is 4.32. The first-order chi connectivity index (χ1) is 7.24. The lowest BCUT2D eigenvalue weighted by atomic mass is 9.95. The van der Waals surface area contributed by atoms with Crippen LogP contribution in [-0.2, 0) is 6.42 Å². The van der Waals surface area contributed by atoms with Crippen molar-refractivity contribution in [2.75, 3.05) is 0 Å². The van der Waals surface area contributed by atoms with Crippen LogP contribution in [-0.4, -0.2) is 11.2 Å². The van der Waals surface area contributed by atoms with Crippen LogP contribution < -0.4 is 0 Å². The molecule has 0 aromatic carbocycles. The molecule has 1 nitrogen and oxygen atoms in total. The number of thiophene rings is 1. The summed E-state index contributed by atoms with van der Waals surface area (Å²) in [7, 11) is 0. The fourth-order valence-corrected chi connectivity index (χ4v) is 3.96. The minimum Gasteiger partial charge on any atom is -0.393 e. The van der Waals surface area contributed by atoms with Gasteiger partial charge in [0.1, 0.15) is 0 Å². The topological polar surface area (TPSA) is 20.2 Å². The maximum absolute atomic E-state index is 9.74. The molecule has 0 saturated heterocycles. The zero-order valence-corrected chi connectivity index (χ0v) is 11.2. The maximum Gasteiger partial charge on any atom is 0.0701 e. The van der Waals surface area contributed by atoms with E-state index in [1.807, 2.05) is 11.3 Å². The van der Waals surface area contributed by atoms with Crippen LogP contribution in [0.15, 0.2) is 15.9 Å². The fourth-order valence-electron chi connectivity index (χ4n) is 2.36. The highest BCUT2D eigenvalue weighted by molar-refractivity contribution is 9.11. The Hall–Kier alpha value is 0.140. The van der Waals surface area contributed by atoms with E-state index in [4.69, 9.17) is 0 Å². The van der Waals surface area contributed by atoms with Crippen LogP contribution in [0.1, 0.15) is 37.0 Å². The Kier molecular flexibility index (Phi) is 4.23. The lowest BCUT2D eigenvalue weighted by molar-refractivity contribution is 0.141. The molecule has 2 rings (SSSR count). The Morgan fingerprint density at radius 1 is 1.33 bits per heavy atom. The van der Waals surface area contributed by atoms with Gasteiger partial charge >= 0.3 is 0 Å². The first-order valence-electron chi connectivity index (χ1n) is 5.66. The van der Waals surface area contributed by atoms with Crippen molar-refractivity contribution in [3.8, 4) is 0 Å². The second-order valence-electron chi connectivity index (χ2n) is 4.45. The van der Waals surface area contributed by atoms with E-state index in [1.54, 1.807) is 0 Å². The summed E-state index contributed by atoms with van der Waals surface area (Å²) in [5.74, 6) is 0.688. The largest absolute Gasteiger partial charge is 0.393 e. The summed E-state index contributed by atoms with van der Waals surface area (Å²) in [5, 5.41) is 9.74. The van der Waals surface area contributed by atoms with Crippen LogP contribution in [0.3, 0.4) is 0 Å². The molecule has 1 fully saturated rings. The van der Waals surface area contributed by atoms with Gasteiger partial charge in [-0.05, 0) is 53.2 Å². The van der Waals surface area contributed by atoms with Crippen LogP contribution in [0, 0.1) is 5.92 Å². The van der Waals surface area contributed by atoms with Gasteiger partial charge in [0.2, 0.25) is 0 Å². The van der Waals surface area contributed by atoms with E-state index in [-0.39, 0.29) is 6.10 Å². The number of rotatable bonds is 2. The number of hydrogen-bond donors (Lipinski definition) is 1. The van der Waals surface area contributed by atoms with E-state index in [0.717, 1.165) is 19.3 Å². The van der Waals surface area contributed by atoms with Gasteiger partial charge in [-0.3, -0.25) is 0 Å². The average molecular weight is 289 g/mol. The van der Waals surface area contributed by atoms with Crippen LogP contribution in [0.5, 0.6) is 0 Å². The molecule has 1 aromatic rings. The minimum absolute atomic E-state index is 0.0547. The standard InChI is InChI=1S/C12H17BrOS/c13-12-6-5-11(15-12)8-9-3-1-2-4-10(14)7-9/h5-6,9-10,14H,1-4,7-8H2. The van der Waals surface area contributed by atoms with Gasteiger partial charge in [-0.1, -0.05) is 19.3 Å². The average Bonchev–Trinajstić information content (AvgIpc) is 2.46. The van der Waals surface area contributed by atoms with Gasteiger partial charge in [0.15, 0.2) is 0 Å². The Balaban J connectivity index is 1.92. The Morgan fingerprint density at radius 2 is 2.13 bits per heavy atom. The Morgan fingerprint density at radius 3 is 2.87 bits per heavy atom. The molecule has 3 heteroatoms. The zero-order valence-electron chi connectivity index (χ0n) is 8.79. The summed E-state index contributed by atoms with van der Waals surface area (Å²) < 4.78 is 1.21. The van der Waals surface area contributed by atoms with Crippen molar-refractivity contribution in [1.82, 2.24) is 0 Å². The molecule has 0 radical (unpaired) electrons. The van der Waals surface area contributed by atoms with Crippen LogP contribution in [0.25, 0.3) is 0 Å². The summed E-state index contributed by atoms with van der Waals surface area (Å²) in [6.07, 6.45) is 6.86. The minimum atomic E-state index is -0.0547. The third kappa shape index (κ3) is 3.58. The van der Waals surface area contributed by atoms with E-state index in [2.05, 4.69) is 28.1 Å². The predicted octanol–water partition coefficient (Wildman–Crippen LogP) is 3.99. The third-order valence-corrected chi connectivity index (χ3v) is 4.77. The van der Waals surface area contributed by atoms with Crippen LogP contribution >= 0.6 is 27.3 Å². The highest BCUT2D eigenvalue weighted by atomic mass is 79.9. The SMILES string of the molecule is OC1CCCCC(Cc2ccc(Br)s2)C1. The van der Waals surface area contributed by atoms with Crippen molar-refractivity contribution >= 4 is 27.3 Å². The van der Waals surface area contributed by atoms with E-state index in [9.17, 15) is 5.11 Å². The van der Waals surface area contributed by atoms with E-state index in [0.29, 0.717) is 5.92 Å². The van der Waals surface area contributed by atoms with Gasteiger partial charge in [0.05, 0.1) is 9.89 Å². The predicted molar refractivity (Wildman–Crippen MR) is 68.3 cm³/mol. The summed E-state index contributed by atoms with van der Waals surface area (Å²) in [5.41, 5.74) is 0. The van der Waals surface area contributed by atoms with Crippen molar-refractivity contribution in [1.29, 1.82) is 0 Å². The molecular formula is C12H17BrOS.